The topological polar surface area (TPSA) is 85.2 Å². The zero-order chi connectivity index (χ0) is 17.3. The largest absolute Gasteiger partial charge is 0.438 e. The Balaban J connectivity index is 1.68. The SMILES string of the molecule is COC1(c2ccc(C(=O)[C@H](C)CCc3noc(=O)[nH]3)cc2Cl)CC1. The van der Waals surface area contributed by atoms with Crippen LogP contribution in [-0.2, 0) is 16.8 Å². The smallest absolute Gasteiger partial charge is 0.373 e. The van der Waals surface area contributed by atoms with Crippen molar-refractivity contribution in [3.05, 3.63) is 50.7 Å². The Kier molecular flexibility index (Phi) is 4.60. The predicted octanol–water partition coefficient (Wildman–Crippen LogP) is 3.10. The summed E-state index contributed by atoms with van der Waals surface area (Å²) < 4.78 is 9.98. The van der Waals surface area contributed by atoms with Gasteiger partial charge in [-0.25, -0.2) is 4.79 Å². The van der Waals surface area contributed by atoms with E-state index in [-0.39, 0.29) is 17.3 Å². The maximum absolute atomic E-state index is 12.6. The minimum atomic E-state index is -0.585. The van der Waals surface area contributed by atoms with Crippen molar-refractivity contribution < 1.29 is 14.1 Å². The van der Waals surface area contributed by atoms with Gasteiger partial charge in [-0.3, -0.25) is 14.3 Å². The van der Waals surface area contributed by atoms with Gasteiger partial charge in [-0.15, -0.1) is 0 Å². The van der Waals surface area contributed by atoms with E-state index in [0.29, 0.717) is 29.3 Å². The number of nitrogens with zero attached hydrogens (tertiary/aromatic N) is 1. The number of carbonyl (C=O) groups excluding carboxylic acids is 1. The number of carbonyl (C=O) groups is 1. The van der Waals surface area contributed by atoms with E-state index in [0.717, 1.165) is 18.4 Å². The maximum Gasteiger partial charge on any atom is 0.438 e. The van der Waals surface area contributed by atoms with Gasteiger partial charge in [-0.2, -0.15) is 0 Å². The molecule has 1 aromatic heterocycles. The molecule has 7 heteroatoms. The van der Waals surface area contributed by atoms with Crippen LogP contribution in [0.3, 0.4) is 0 Å². The number of hydrogen-bond donors (Lipinski definition) is 1. The van der Waals surface area contributed by atoms with E-state index in [9.17, 15) is 9.59 Å². The first-order valence-electron chi connectivity index (χ1n) is 7.89. The highest BCUT2D eigenvalue weighted by molar-refractivity contribution is 6.32. The van der Waals surface area contributed by atoms with E-state index < -0.39 is 5.76 Å². The van der Waals surface area contributed by atoms with Crippen LogP contribution in [0.25, 0.3) is 0 Å². The van der Waals surface area contributed by atoms with Crippen LogP contribution < -0.4 is 5.76 Å². The number of Topliss-reactive ketones (excluding diaryl/α,β-unsaturated/α-hetero) is 1. The predicted molar refractivity (Wildman–Crippen MR) is 88.3 cm³/mol. The van der Waals surface area contributed by atoms with Gasteiger partial charge in [0.15, 0.2) is 11.6 Å². The summed E-state index contributed by atoms with van der Waals surface area (Å²) in [6.07, 6.45) is 2.92. The molecular weight excluding hydrogens is 332 g/mol. The minimum absolute atomic E-state index is 0.0107. The maximum atomic E-state index is 12.6. The highest BCUT2D eigenvalue weighted by Crippen LogP contribution is 2.51. The van der Waals surface area contributed by atoms with Crippen LogP contribution >= 0.6 is 11.6 Å². The van der Waals surface area contributed by atoms with Gasteiger partial charge in [0, 0.05) is 35.6 Å². The number of aromatic amines is 1. The van der Waals surface area contributed by atoms with Crippen molar-refractivity contribution in [1.29, 1.82) is 0 Å². The third kappa shape index (κ3) is 3.30. The summed E-state index contributed by atoms with van der Waals surface area (Å²) in [5.41, 5.74) is 1.25. The standard InChI is InChI=1S/C17H19ClN2O4/c1-10(3-6-14-19-16(22)24-20-14)15(21)11-4-5-12(13(18)9-11)17(23-2)7-8-17/h4-5,9-10H,3,6-8H2,1-2H3,(H,19,20,22)/t10-/m1/s1. The van der Waals surface area contributed by atoms with Crippen molar-refractivity contribution in [3.63, 3.8) is 0 Å². The van der Waals surface area contributed by atoms with Gasteiger partial charge in [0.25, 0.3) is 0 Å². The number of methoxy groups -OCH3 is 1. The second-order valence-electron chi connectivity index (χ2n) is 6.24. The van der Waals surface area contributed by atoms with Crippen molar-refractivity contribution >= 4 is 17.4 Å². The third-order valence-corrected chi connectivity index (χ3v) is 4.90. The summed E-state index contributed by atoms with van der Waals surface area (Å²) >= 11 is 6.36. The summed E-state index contributed by atoms with van der Waals surface area (Å²) in [4.78, 5) is 25.9. The van der Waals surface area contributed by atoms with Crippen LogP contribution in [0.2, 0.25) is 5.02 Å². The molecule has 0 bridgehead atoms. The Bertz CT molecular complexity index is 807. The zero-order valence-electron chi connectivity index (χ0n) is 13.6. The molecule has 0 unspecified atom stereocenters. The van der Waals surface area contributed by atoms with Gasteiger partial charge in [0.2, 0.25) is 0 Å². The molecule has 0 radical (unpaired) electrons. The molecule has 6 nitrogen and oxygen atoms in total. The molecule has 0 spiro atoms. The van der Waals surface area contributed by atoms with Crippen LogP contribution in [0.4, 0.5) is 0 Å². The van der Waals surface area contributed by atoms with E-state index >= 15 is 0 Å². The number of hydrogen-bond acceptors (Lipinski definition) is 5. The van der Waals surface area contributed by atoms with Gasteiger partial charge in [0.05, 0.1) is 5.60 Å². The van der Waals surface area contributed by atoms with Gasteiger partial charge in [-0.05, 0) is 25.3 Å². The second-order valence-corrected chi connectivity index (χ2v) is 6.65. The van der Waals surface area contributed by atoms with Crippen molar-refractivity contribution in [2.24, 2.45) is 5.92 Å². The first kappa shape index (κ1) is 16.9. The monoisotopic (exact) mass is 350 g/mol. The third-order valence-electron chi connectivity index (χ3n) is 4.59. The molecule has 3 rings (SSSR count). The molecule has 1 fully saturated rings. The summed E-state index contributed by atoms with van der Waals surface area (Å²) in [6, 6.07) is 5.40. The Morgan fingerprint density at radius 3 is 2.79 bits per heavy atom. The van der Waals surface area contributed by atoms with Crippen molar-refractivity contribution in [2.75, 3.05) is 7.11 Å². The molecular formula is C17H19ClN2O4. The Hall–Kier alpha value is -1.92. The van der Waals surface area contributed by atoms with E-state index in [1.165, 1.54) is 0 Å². The number of halogens is 1. The molecule has 1 N–H and O–H groups in total. The van der Waals surface area contributed by atoms with Gasteiger partial charge in [0.1, 0.15) is 0 Å². The fourth-order valence-electron chi connectivity index (χ4n) is 2.87. The molecule has 24 heavy (non-hydrogen) atoms. The van der Waals surface area contributed by atoms with Crippen LogP contribution in [0, 0.1) is 5.92 Å². The van der Waals surface area contributed by atoms with Crippen molar-refractivity contribution in [3.8, 4) is 0 Å². The molecule has 128 valence electrons. The zero-order valence-corrected chi connectivity index (χ0v) is 14.4. The number of ether oxygens (including phenoxy) is 1. The number of nitrogens with one attached hydrogen (secondary N) is 1. The lowest BCUT2D eigenvalue weighted by Gasteiger charge is -2.17. The van der Waals surface area contributed by atoms with E-state index in [2.05, 4.69) is 14.7 Å². The molecule has 1 saturated carbocycles. The molecule has 0 saturated heterocycles. The Morgan fingerprint density at radius 1 is 1.50 bits per heavy atom. The van der Waals surface area contributed by atoms with E-state index in [1.807, 2.05) is 13.0 Å². The minimum Gasteiger partial charge on any atom is -0.373 e. The van der Waals surface area contributed by atoms with Gasteiger partial charge < -0.3 is 4.74 Å². The number of aryl methyl sites for hydroxylation is 1. The molecule has 1 aliphatic carbocycles. The molecule has 2 aromatic rings. The highest BCUT2D eigenvalue weighted by Gasteiger charge is 2.46. The summed E-state index contributed by atoms with van der Waals surface area (Å²) in [6.45, 7) is 1.85. The molecule has 1 aromatic carbocycles. The lowest BCUT2D eigenvalue weighted by molar-refractivity contribution is 0.0789. The van der Waals surface area contributed by atoms with Gasteiger partial charge >= 0.3 is 5.76 Å². The number of benzene rings is 1. The fraction of sp³-hybridized carbons (Fsp3) is 0.471. The van der Waals surface area contributed by atoms with Crippen LogP contribution in [-0.4, -0.2) is 23.0 Å². The Labute approximate surface area is 144 Å². The number of H-pyrrole nitrogens is 1. The Morgan fingerprint density at radius 2 is 2.25 bits per heavy atom. The lowest BCUT2D eigenvalue weighted by Crippen LogP contribution is -2.14. The van der Waals surface area contributed by atoms with Crippen LogP contribution in [0.5, 0.6) is 0 Å². The normalized spacial score (nSPS) is 16.8. The van der Waals surface area contributed by atoms with Crippen molar-refractivity contribution in [1.82, 2.24) is 10.1 Å². The highest BCUT2D eigenvalue weighted by atomic mass is 35.5. The second kappa shape index (κ2) is 6.53. The van der Waals surface area contributed by atoms with E-state index in [4.69, 9.17) is 16.3 Å². The number of rotatable bonds is 7. The number of aromatic nitrogens is 2. The quantitative estimate of drug-likeness (QED) is 0.775. The first-order valence-corrected chi connectivity index (χ1v) is 8.27. The fourth-order valence-corrected chi connectivity index (χ4v) is 3.22. The number of ketones is 1. The summed E-state index contributed by atoms with van der Waals surface area (Å²) in [5.74, 6) is -0.344. The van der Waals surface area contributed by atoms with Crippen molar-refractivity contribution in [2.45, 2.75) is 38.2 Å². The molecule has 1 atom stereocenters. The summed E-state index contributed by atoms with van der Waals surface area (Å²) in [5, 5.41) is 4.16. The van der Waals surface area contributed by atoms with Crippen LogP contribution in [0.1, 0.15) is 47.9 Å². The average Bonchev–Trinajstić information content (AvgIpc) is 3.26. The van der Waals surface area contributed by atoms with E-state index in [1.54, 1.807) is 19.2 Å². The molecule has 0 aliphatic heterocycles. The first-order chi connectivity index (χ1) is 11.4. The van der Waals surface area contributed by atoms with Gasteiger partial charge in [-0.1, -0.05) is 35.8 Å². The lowest BCUT2D eigenvalue weighted by atomic mass is 9.93. The average molecular weight is 351 g/mol. The molecule has 1 heterocycles. The molecule has 0 amide bonds. The summed E-state index contributed by atoms with van der Waals surface area (Å²) in [7, 11) is 1.68. The van der Waals surface area contributed by atoms with Crippen LogP contribution in [0.15, 0.2) is 27.5 Å². The molecule has 1 aliphatic rings.